The minimum Gasteiger partial charge on any atom is -0.345 e. The average Bonchev–Trinajstić information content (AvgIpc) is 3.43. The Kier molecular flexibility index (Phi) is 4.88. The van der Waals surface area contributed by atoms with E-state index in [9.17, 15) is 4.79 Å². The van der Waals surface area contributed by atoms with Crippen LogP contribution in [0.3, 0.4) is 0 Å². The molecule has 136 valence electrons. The van der Waals surface area contributed by atoms with Gasteiger partial charge in [0.05, 0.1) is 17.9 Å². The van der Waals surface area contributed by atoms with Gasteiger partial charge in [0.1, 0.15) is 0 Å². The summed E-state index contributed by atoms with van der Waals surface area (Å²) in [6.07, 6.45) is 9.42. The molecule has 1 aliphatic rings. The van der Waals surface area contributed by atoms with E-state index < -0.39 is 0 Å². The van der Waals surface area contributed by atoms with Crippen molar-refractivity contribution in [3.8, 4) is 5.69 Å². The number of amides is 1. The highest BCUT2D eigenvalue weighted by Crippen LogP contribution is 2.41. The summed E-state index contributed by atoms with van der Waals surface area (Å²) in [4.78, 5) is 12.5. The zero-order valence-electron chi connectivity index (χ0n) is 15.4. The van der Waals surface area contributed by atoms with Crippen LogP contribution < -0.4 is 5.32 Å². The molecule has 1 N–H and O–H groups in total. The van der Waals surface area contributed by atoms with Crippen LogP contribution in [-0.4, -0.2) is 15.7 Å². The van der Waals surface area contributed by atoms with Gasteiger partial charge in [0.25, 0.3) is 0 Å². The number of aryl methyl sites for hydroxylation is 1. The number of nitrogens with zero attached hydrogens (tertiary/aromatic N) is 2. The number of benzene rings is 2. The summed E-state index contributed by atoms with van der Waals surface area (Å²) in [6, 6.07) is 18.4. The fourth-order valence-corrected chi connectivity index (χ4v) is 3.19. The average molecular weight is 357 g/mol. The molecule has 4 rings (SSSR count). The molecule has 1 heterocycles. The van der Waals surface area contributed by atoms with Gasteiger partial charge in [-0.15, -0.1) is 0 Å². The highest BCUT2D eigenvalue weighted by molar-refractivity contribution is 5.92. The van der Waals surface area contributed by atoms with E-state index in [1.54, 1.807) is 23.0 Å². The van der Waals surface area contributed by atoms with Gasteiger partial charge >= 0.3 is 0 Å². The third-order valence-corrected chi connectivity index (χ3v) is 4.88. The van der Waals surface area contributed by atoms with Crippen LogP contribution in [0.5, 0.6) is 0 Å². The van der Waals surface area contributed by atoms with Crippen LogP contribution in [0.1, 0.15) is 35.6 Å². The van der Waals surface area contributed by atoms with Gasteiger partial charge in [-0.2, -0.15) is 5.10 Å². The Morgan fingerprint density at radius 3 is 2.59 bits per heavy atom. The highest BCUT2D eigenvalue weighted by atomic mass is 16.1. The van der Waals surface area contributed by atoms with Gasteiger partial charge in [-0.05, 0) is 49.5 Å². The second-order valence-corrected chi connectivity index (χ2v) is 7.12. The first-order valence-electron chi connectivity index (χ1n) is 9.34. The normalized spacial score (nSPS) is 15.0. The maximum Gasteiger partial charge on any atom is 0.244 e. The van der Waals surface area contributed by atoms with E-state index in [1.807, 2.05) is 36.5 Å². The van der Waals surface area contributed by atoms with Gasteiger partial charge < -0.3 is 5.32 Å². The van der Waals surface area contributed by atoms with Crippen LogP contribution in [0.25, 0.3) is 11.8 Å². The second kappa shape index (κ2) is 7.62. The van der Waals surface area contributed by atoms with E-state index in [0.29, 0.717) is 5.92 Å². The molecule has 1 saturated carbocycles. The topological polar surface area (TPSA) is 46.9 Å². The van der Waals surface area contributed by atoms with Crippen molar-refractivity contribution in [1.29, 1.82) is 0 Å². The van der Waals surface area contributed by atoms with E-state index >= 15 is 0 Å². The summed E-state index contributed by atoms with van der Waals surface area (Å²) >= 11 is 0. The first kappa shape index (κ1) is 17.3. The summed E-state index contributed by atoms with van der Waals surface area (Å²) in [7, 11) is 0. The Morgan fingerprint density at radius 2 is 1.89 bits per heavy atom. The van der Waals surface area contributed by atoms with E-state index in [1.165, 1.54) is 24.0 Å². The summed E-state index contributed by atoms with van der Waals surface area (Å²) in [5, 5.41) is 7.52. The molecule has 0 radical (unpaired) electrons. The molecular formula is C23H23N3O. The Labute approximate surface area is 159 Å². The van der Waals surface area contributed by atoms with Crippen molar-refractivity contribution in [2.45, 2.75) is 25.8 Å². The molecule has 0 unspecified atom stereocenters. The molecule has 0 bridgehead atoms. The van der Waals surface area contributed by atoms with Crippen LogP contribution in [-0.2, 0) is 4.79 Å². The van der Waals surface area contributed by atoms with E-state index in [-0.39, 0.29) is 11.9 Å². The van der Waals surface area contributed by atoms with Gasteiger partial charge in [-0.3, -0.25) is 4.79 Å². The molecule has 1 fully saturated rings. The molecule has 1 amide bonds. The molecule has 4 nitrogen and oxygen atoms in total. The molecule has 0 saturated heterocycles. The first-order chi connectivity index (χ1) is 13.2. The number of carbonyl (C=O) groups is 1. The van der Waals surface area contributed by atoms with Crippen molar-refractivity contribution in [2.75, 3.05) is 0 Å². The number of rotatable bonds is 6. The monoisotopic (exact) mass is 357 g/mol. The smallest absolute Gasteiger partial charge is 0.244 e. The lowest BCUT2D eigenvalue weighted by Gasteiger charge is -2.18. The summed E-state index contributed by atoms with van der Waals surface area (Å²) in [6.45, 7) is 2.08. The third kappa shape index (κ3) is 4.34. The highest BCUT2D eigenvalue weighted by Gasteiger charge is 2.32. The lowest BCUT2D eigenvalue weighted by Crippen LogP contribution is -2.28. The minimum atomic E-state index is -0.0695. The van der Waals surface area contributed by atoms with Crippen molar-refractivity contribution in [2.24, 2.45) is 5.92 Å². The second-order valence-electron chi connectivity index (χ2n) is 7.12. The SMILES string of the molecule is Cc1ccc([C@H](NC(=O)/C=C/c2cnn(-c3ccccc3)c2)C2CC2)cc1. The molecule has 1 atom stereocenters. The zero-order chi connectivity index (χ0) is 18.6. The van der Waals surface area contributed by atoms with Crippen molar-refractivity contribution in [3.05, 3.63) is 89.8 Å². The largest absolute Gasteiger partial charge is 0.345 e. The Balaban J connectivity index is 1.42. The summed E-state index contributed by atoms with van der Waals surface area (Å²) in [5.74, 6) is 0.478. The van der Waals surface area contributed by atoms with Crippen LogP contribution in [0, 0.1) is 12.8 Å². The van der Waals surface area contributed by atoms with Gasteiger partial charge in [0.2, 0.25) is 5.91 Å². The van der Waals surface area contributed by atoms with Gasteiger partial charge in [0.15, 0.2) is 0 Å². The third-order valence-electron chi connectivity index (χ3n) is 4.88. The Hall–Kier alpha value is -3.14. The fourth-order valence-electron chi connectivity index (χ4n) is 3.19. The molecule has 27 heavy (non-hydrogen) atoms. The standard InChI is InChI=1S/C23H23N3O/c1-17-7-10-19(11-8-17)23(20-12-13-20)25-22(27)14-9-18-15-24-26(16-18)21-5-3-2-4-6-21/h2-11,14-16,20,23H,12-13H2,1H3,(H,25,27)/b14-9+/t23-/m0/s1. The fraction of sp³-hybridized carbons (Fsp3) is 0.217. The first-order valence-corrected chi connectivity index (χ1v) is 9.34. The van der Waals surface area contributed by atoms with E-state index in [2.05, 4.69) is 41.6 Å². The van der Waals surface area contributed by atoms with Gasteiger partial charge in [-0.25, -0.2) is 4.68 Å². The molecule has 1 aromatic heterocycles. The number of nitrogens with one attached hydrogen (secondary N) is 1. The van der Waals surface area contributed by atoms with Crippen LogP contribution in [0.4, 0.5) is 0 Å². The predicted octanol–water partition coefficient (Wildman–Crippen LogP) is 4.46. The number of carbonyl (C=O) groups excluding carboxylic acids is 1. The van der Waals surface area contributed by atoms with Crippen molar-refractivity contribution in [1.82, 2.24) is 15.1 Å². The van der Waals surface area contributed by atoms with E-state index in [0.717, 1.165) is 11.3 Å². The van der Waals surface area contributed by atoms with Gasteiger partial charge in [-0.1, -0.05) is 48.0 Å². The quantitative estimate of drug-likeness (QED) is 0.662. The molecule has 2 aromatic carbocycles. The Bertz CT molecular complexity index is 937. The number of para-hydroxylation sites is 1. The number of hydrogen-bond donors (Lipinski definition) is 1. The van der Waals surface area contributed by atoms with Gasteiger partial charge in [0, 0.05) is 17.8 Å². The maximum absolute atomic E-state index is 12.5. The predicted molar refractivity (Wildman–Crippen MR) is 107 cm³/mol. The molecular weight excluding hydrogens is 334 g/mol. The Morgan fingerprint density at radius 1 is 1.15 bits per heavy atom. The maximum atomic E-state index is 12.5. The van der Waals surface area contributed by atoms with Crippen molar-refractivity contribution >= 4 is 12.0 Å². The van der Waals surface area contributed by atoms with Crippen molar-refractivity contribution in [3.63, 3.8) is 0 Å². The molecule has 0 spiro atoms. The minimum absolute atomic E-state index is 0.0695. The molecule has 3 aromatic rings. The van der Waals surface area contributed by atoms with Crippen LogP contribution in [0.2, 0.25) is 0 Å². The van der Waals surface area contributed by atoms with Crippen molar-refractivity contribution < 1.29 is 4.79 Å². The molecule has 4 heteroatoms. The summed E-state index contributed by atoms with van der Waals surface area (Å²) in [5.41, 5.74) is 4.30. The summed E-state index contributed by atoms with van der Waals surface area (Å²) < 4.78 is 1.80. The molecule has 1 aliphatic carbocycles. The number of hydrogen-bond acceptors (Lipinski definition) is 2. The zero-order valence-corrected chi connectivity index (χ0v) is 15.4. The lowest BCUT2D eigenvalue weighted by atomic mass is 10.0. The molecule has 0 aliphatic heterocycles. The van der Waals surface area contributed by atoms with Crippen LogP contribution in [0.15, 0.2) is 73.1 Å². The van der Waals surface area contributed by atoms with E-state index in [4.69, 9.17) is 0 Å². The van der Waals surface area contributed by atoms with Crippen LogP contribution >= 0.6 is 0 Å². The number of aromatic nitrogens is 2. The lowest BCUT2D eigenvalue weighted by molar-refractivity contribution is -0.117.